The van der Waals surface area contributed by atoms with Crippen LogP contribution in [0.4, 0.5) is 0 Å². The van der Waals surface area contributed by atoms with E-state index >= 15 is 4.79 Å². The molecule has 3 aliphatic rings. The first kappa shape index (κ1) is 58.6. The van der Waals surface area contributed by atoms with Crippen molar-refractivity contribution in [3.8, 4) is 17.2 Å². The molecule has 0 amide bonds. The van der Waals surface area contributed by atoms with Gasteiger partial charge in [0.05, 0.1) is 33.8 Å². The van der Waals surface area contributed by atoms with E-state index in [1.807, 2.05) is 64.2 Å². The number of aromatic hydroxyl groups is 1. The maximum absolute atomic E-state index is 15.8. The van der Waals surface area contributed by atoms with Crippen molar-refractivity contribution in [2.45, 2.75) is 171 Å². The Morgan fingerprint density at radius 1 is 0.908 bits per heavy atom. The summed E-state index contributed by atoms with van der Waals surface area (Å²) >= 11 is 1.24. The predicted molar refractivity (Wildman–Crippen MR) is 281 cm³/mol. The van der Waals surface area contributed by atoms with Crippen LogP contribution >= 0.6 is 11.8 Å². The number of carbonyl (C=O) groups is 5. The summed E-state index contributed by atoms with van der Waals surface area (Å²) < 4.78 is 90.1. The van der Waals surface area contributed by atoms with Crippen molar-refractivity contribution >= 4 is 70.4 Å². The van der Waals surface area contributed by atoms with Crippen LogP contribution in [0.5, 0.6) is 17.2 Å². The molecule has 0 bridgehead atoms. The minimum absolute atomic E-state index is 0.0264. The summed E-state index contributed by atoms with van der Waals surface area (Å²) in [6, 6.07) is 18.2. The second-order valence-electron chi connectivity index (χ2n) is 21.4. The smallest absolute Gasteiger partial charge is 0.308 e. The maximum Gasteiger partial charge on any atom is 0.308 e. The van der Waals surface area contributed by atoms with Gasteiger partial charge in [-0.25, -0.2) is 0 Å². The van der Waals surface area contributed by atoms with Crippen molar-refractivity contribution in [3.05, 3.63) is 89.0 Å². The molecule has 76 heavy (non-hydrogen) atoms. The fourth-order valence-corrected chi connectivity index (χ4v) is 13.1. The highest BCUT2D eigenvalue weighted by molar-refractivity contribution is 8.00. The van der Waals surface area contributed by atoms with Crippen LogP contribution in [-0.2, 0) is 72.7 Å². The first-order chi connectivity index (χ1) is 35.4. The molecule has 0 aromatic heterocycles. The van der Waals surface area contributed by atoms with Crippen molar-refractivity contribution in [1.29, 1.82) is 0 Å². The third-order valence-electron chi connectivity index (χ3n) is 14.1. The number of benzene rings is 4. The number of phenols is 1. The molecule has 0 saturated carbocycles. The summed E-state index contributed by atoms with van der Waals surface area (Å²) in [5, 5.41) is 11.2. The number of thioether (sulfide) groups is 1. The predicted octanol–water partition coefficient (Wildman–Crippen LogP) is 8.49. The number of phenolic OH excluding ortho intramolecular Hbond substituents is 1. The molecule has 2 saturated heterocycles. The number of rotatable bonds is 17. The average molecular weight is 1110 g/mol. The Hall–Kier alpha value is -5.07. The number of ether oxygens (including phenoxy) is 8. The molecule has 0 spiro atoms. The summed E-state index contributed by atoms with van der Waals surface area (Å²) in [7, 11) is -6.07. The van der Waals surface area contributed by atoms with Crippen molar-refractivity contribution in [3.63, 3.8) is 0 Å². The SMILES string of the molecule is CO[C@H](C(=O)[C@H]1OC(C)(C)O[C@@H]1C)C1Cc2cc3cc(OC(C)=O)c(C)c(OC(C)=O)c3c(O)c2C(=O)[C@H]1O[C@@H]1O[C@H](COS(=O)(=O)c2ccc(C)cc2)[C@@H](OC(C)=O)[C@H](O[Si](C)(C)C(C)(C)C)[C@H]1Sc1ccccc1. The lowest BCUT2D eigenvalue weighted by Crippen LogP contribution is -2.64. The molecule has 7 rings (SSSR count). The zero-order valence-corrected chi connectivity index (χ0v) is 47.9. The summed E-state index contributed by atoms with van der Waals surface area (Å²) in [5.41, 5.74) is 0.981. The van der Waals surface area contributed by atoms with Gasteiger partial charge in [0, 0.05) is 44.3 Å². The minimum atomic E-state index is -4.47. The van der Waals surface area contributed by atoms with Gasteiger partial charge >= 0.3 is 17.9 Å². The fraction of sp³-hybridized carbons (Fsp3) is 0.509. The van der Waals surface area contributed by atoms with Crippen molar-refractivity contribution < 1.29 is 84.0 Å². The molecule has 1 unspecified atom stereocenters. The number of aryl methyl sites for hydroxylation is 1. The van der Waals surface area contributed by atoms with Crippen molar-refractivity contribution in [1.82, 2.24) is 0 Å². The Morgan fingerprint density at radius 3 is 2.12 bits per heavy atom. The largest absolute Gasteiger partial charge is 0.506 e. The summed E-state index contributed by atoms with van der Waals surface area (Å²) in [6.45, 7) is 21.2. The second kappa shape index (κ2) is 22.7. The molecule has 21 heteroatoms. The molecule has 2 fully saturated rings. The molecule has 18 nitrogen and oxygen atoms in total. The van der Waals surface area contributed by atoms with E-state index in [4.69, 9.17) is 46.5 Å². The quantitative estimate of drug-likeness (QED) is 0.0452. The van der Waals surface area contributed by atoms with E-state index in [1.54, 1.807) is 45.9 Å². The molecule has 1 aliphatic carbocycles. The first-order valence-electron chi connectivity index (χ1n) is 24.9. The van der Waals surface area contributed by atoms with Crippen LogP contribution in [0, 0.1) is 19.8 Å². The highest BCUT2D eigenvalue weighted by atomic mass is 32.2. The van der Waals surface area contributed by atoms with Gasteiger partial charge in [0.25, 0.3) is 10.1 Å². The Morgan fingerprint density at radius 2 is 1.55 bits per heavy atom. The summed E-state index contributed by atoms with van der Waals surface area (Å²) in [4.78, 5) is 69.5. The van der Waals surface area contributed by atoms with Gasteiger partial charge in [-0.2, -0.15) is 8.42 Å². The number of fused-ring (bicyclic) bond motifs is 2. The number of methoxy groups -OCH3 is 1. The maximum atomic E-state index is 15.8. The Bertz CT molecular complexity index is 2970. The van der Waals surface area contributed by atoms with Crippen LogP contribution in [-0.4, -0.2) is 125 Å². The Labute approximate surface area is 448 Å². The molecular formula is C55H68O18S2Si. The molecule has 4 aromatic carbocycles. The fourth-order valence-electron chi connectivity index (χ4n) is 9.60. The van der Waals surface area contributed by atoms with Crippen molar-refractivity contribution in [2.24, 2.45) is 5.92 Å². The van der Waals surface area contributed by atoms with Crippen LogP contribution < -0.4 is 9.47 Å². The number of carbonyl (C=O) groups excluding carboxylic acids is 5. The van der Waals surface area contributed by atoms with Crippen LogP contribution in [0.25, 0.3) is 10.8 Å². The Balaban J connectivity index is 1.44. The highest BCUT2D eigenvalue weighted by Crippen LogP contribution is 2.49. The van der Waals surface area contributed by atoms with Gasteiger partial charge in [-0.05, 0) is 107 Å². The zero-order chi connectivity index (χ0) is 56.0. The van der Waals surface area contributed by atoms with Crippen LogP contribution in [0.3, 0.4) is 0 Å². The van der Waals surface area contributed by atoms with Gasteiger partial charge in [-0.3, -0.25) is 28.2 Å². The van der Waals surface area contributed by atoms with Gasteiger partial charge in [0.15, 0.2) is 38.1 Å². The third-order valence-corrected chi connectivity index (χ3v) is 21.2. The van der Waals surface area contributed by atoms with E-state index < -0.39 is 131 Å². The molecule has 2 heterocycles. The number of Topliss-reactive ketones (excluding diaryl/α,β-unsaturated/α-hetero) is 2. The van der Waals surface area contributed by atoms with Crippen LogP contribution in [0.1, 0.15) is 89.4 Å². The van der Waals surface area contributed by atoms with Gasteiger partial charge in [0.1, 0.15) is 47.8 Å². The number of ketones is 2. The zero-order valence-electron chi connectivity index (χ0n) is 45.2. The molecule has 4 aromatic rings. The first-order valence-corrected chi connectivity index (χ1v) is 30.1. The Kier molecular flexibility index (Phi) is 17.5. The molecule has 1 N–H and O–H groups in total. The standard InChI is InChI=1S/C55H68O18S2Si/c1-28-20-22-37(23-21-28)75(62,63)65-27-40-50(68-33(6)58)51(73-76(13,14)54(7,8)9)52(74-36-18-16-15-17-19-36)53(69-40)70-49-38(48(64-12)45(61)47-30(3)71-55(10,11)72-47)25-34-24-35-26-39(66-31(4)56)29(2)46(67-32(5)57)42(35)43(59)41(34)44(49)60/h15-24,26,30,38,40,47-53,59H,25,27H2,1-14H3/t30-,38?,40-,47+,48+,49+,50-,51+,52-,53+/m1/s1. The lowest BCUT2D eigenvalue weighted by molar-refractivity contribution is -0.266. The lowest BCUT2D eigenvalue weighted by atomic mass is 9.75. The highest BCUT2D eigenvalue weighted by Gasteiger charge is 2.57. The molecule has 0 radical (unpaired) electrons. The number of esters is 3. The topological polar surface area (TPSA) is 232 Å². The average Bonchev–Trinajstić information content (AvgIpc) is 3.60. The minimum Gasteiger partial charge on any atom is -0.506 e. The van der Waals surface area contributed by atoms with Crippen LogP contribution in [0.15, 0.2) is 76.5 Å². The van der Waals surface area contributed by atoms with E-state index in [-0.39, 0.29) is 50.3 Å². The van der Waals surface area contributed by atoms with E-state index in [9.17, 15) is 32.7 Å². The van der Waals surface area contributed by atoms with Gasteiger partial charge in [0.2, 0.25) is 0 Å². The molecular weight excluding hydrogens is 1040 g/mol. The normalized spacial score (nSPS) is 25.1. The van der Waals surface area contributed by atoms with Gasteiger partial charge in [-0.15, -0.1) is 11.8 Å². The van der Waals surface area contributed by atoms with E-state index in [0.29, 0.717) is 4.90 Å². The van der Waals surface area contributed by atoms with E-state index in [2.05, 4.69) is 0 Å². The third kappa shape index (κ3) is 12.6. The van der Waals surface area contributed by atoms with Gasteiger partial charge in [-0.1, -0.05) is 56.7 Å². The van der Waals surface area contributed by atoms with E-state index in [1.165, 1.54) is 57.8 Å². The van der Waals surface area contributed by atoms with Gasteiger partial charge < -0.3 is 47.4 Å². The summed E-state index contributed by atoms with van der Waals surface area (Å²) in [5.74, 6) is -6.69. The lowest BCUT2D eigenvalue weighted by Gasteiger charge is -2.50. The van der Waals surface area contributed by atoms with E-state index in [0.717, 1.165) is 12.5 Å². The van der Waals surface area contributed by atoms with Crippen molar-refractivity contribution in [2.75, 3.05) is 13.7 Å². The molecule has 10 atom stereocenters. The molecule has 412 valence electrons. The number of hydrogen-bond acceptors (Lipinski definition) is 19. The summed E-state index contributed by atoms with van der Waals surface area (Å²) in [6.07, 6.45) is -10.7. The number of hydrogen-bond donors (Lipinski definition) is 1. The monoisotopic (exact) mass is 1110 g/mol. The van der Waals surface area contributed by atoms with Crippen LogP contribution in [0.2, 0.25) is 18.1 Å². The second-order valence-corrected chi connectivity index (χ2v) is 29.0. The molecule has 2 aliphatic heterocycles.